The lowest BCUT2D eigenvalue weighted by Crippen LogP contribution is -2.38. The van der Waals surface area contributed by atoms with Crippen molar-refractivity contribution in [3.8, 4) is 11.5 Å². The summed E-state index contributed by atoms with van der Waals surface area (Å²) in [6, 6.07) is 7.86. The summed E-state index contributed by atoms with van der Waals surface area (Å²) in [4.78, 5) is 40.9. The number of phenols is 1. The maximum absolute atomic E-state index is 13.4. The number of nitro benzene ring substituents is 1. The molecule has 10 nitrogen and oxygen atoms in total. The average Bonchev–Trinajstić information content (AvgIpc) is 3.13. The van der Waals surface area contributed by atoms with E-state index in [4.69, 9.17) is 4.74 Å². The van der Waals surface area contributed by atoms with Crippen molar-refractivity contribution in [3.05, 3.63) is 68.8 Å². The van der Waals surface area contributed by atoms with Crippen molar-refractivity contribution in [2.75, 3.05) is 33.3 Å². The Morgan fingerprint density at radius 2 is 1.79 bits per heavy atom. The van der Waals surface area contributed by atoms with Crippen LogP contribution in [0.2, 0.25) is 0 Å². The van der Waals surface area contributed by atoms with E-state index >= 15 is 0 Å². The number of aliphatic hydroxyl groups excluding tert-OH is 1. The van der Waals surface area contributed by atoms with Crippen LogP contribution in [0, 0.1) is 10.1 Å². The van der Waals surface area contributed by atoms with E-state index in [0.29, 0.717) is 12.3 Å². The minimum absolute atomic E-state index is 0.154. The molecule has 38 heavy (non-hydrogen) atoms. The number of phenolic OH excluding ortho intramolecular Hbond substituents is 1. The number of ether oxygens (including phenoxy) is 1. The molecule has 0 spiro atoms. The Bertz CT molecular complexity index is 1280. The third-order valence-electron chi connectivity index (χ3n) is 6.92. The molecule has 1 heterocycles. The number of likely N-dealkylation sites (N-methyl/N-ethyl adjacent to an activating group) is 1. The van der Waals surface area contributed by atoms with Gasteiger partial charge in [0.15, 0.2) is 5.75 Å². The lowest BCUT2D eigenvalue weighted by Gasteiger charge is -2.28. The molecule has 1 fully saturated rings. The number of nitrogens with zero attached hydrogens (tertiary/aromatic N) is 3. The Morgan fingerprint density at radius 1 is 1.13 bits per heavy atom. The number of likely N-dealkylation sites (tertiary alicyclic amines) is 1. The highest BCUT2D eigenvalue weighted by Gasteiger charge is 2.46. The second kappa shape index (κ2) is 11.2. The molecule has 3 rings (SSSR count). The van der Waals surface area contributed by atoms with Crippen molar-refractivity contribution in [3.63, 3.8) is 0 Å². The summed E-state index contributed by atoms with van der Waals surface area (Å²) in [5, 5.41) is 33.1. The summed E-state index contributed by atoms with van der Waals surface area (Å²) in [5.41, 5.74) is 0.282. The number of carbonyl (C=O) groups excluding carboxylic acids is 2. The smallest absolute Gasteiger partial charge is 0.311 e. The molecule has 1 amide bonds. The highest BCUT2D eigenvalue weighted by atomic mass is 16.6. The van der Waals surface area contributed by atoms with Gasteiger partial charge in [0.1, 0.15) is 11.5 Å². The third-order valence-corrected chi connectivity index (χ3v) is 6.92. The zero-order valence-corrected chi connectivity index (χ0v) is 22.6. The van der Waals surface area contributed by atoms with Crippen LogP contribution in [0.25, 0.3) is 5.76 Å². The largest absolute Gasteiger partial charge is 0.507 e. The summed E-state index contributed by atoms with van der Waals surface area (Å²) < 4.78 is 5.46. The van der Waals surface area contributed by atoms with Gasteiger partial charge >= 0.3 is 5.69 Å². The summed E-state index contributed by atoms with van der Waals surface area (Å²) >= 11 is 0. The van der Waals surface area contributed by atoms with E-state index < -0.39 is 39.9 Å². The van der Waals surface area contributed by atoms with E-state index in [9.17, 15) is 29.9 Å². The Morgan fingerprint density at radius 3 is 2.34 bits per heavy atom. The number of methoxy groups -OCH3 is 1. The minimum atomic E-state index is -1.10. The standard InChI is InChI=1S/C28H35N3O7/c1-7-29(8-2)13-14-30-24(17-9-11-21(32)20(15-17)31(36)37)23(26(34)27(30)35)25(33)19-16-18(28(3,4)5)10-12-22(19)38-6/h9-12,15-16,24,32-33H,7-8,13-14H2,1-6H3/b25-23+. The Hall–Kier alpha value is -3.92. The normalized spacial score (nSPS) is 17.3. The van der Waals surface area contributed by atoms with Crippen LogP contribution in [0.15, 0.2) is 42.0 Å². The van der Waals surface area contributed by atoms with Crippen LogP contribution < -0.4 is 4.74 Å². The number of nitro groups is 1. The van der Waals surface area contributed by atoms with Crippen molar-refractivity contribution < 1.29 is 29.5 Å². The molecule has 0 radical (unpaired) electrons. The van der Waals surface area contributed by atoms with E-state index in [1.54, 1.807) is 12.1 Å². The molecule has 1 unspecified atom stereocenters. The minimum Gasteiger partial charge on any atom is -0.507 e. The molecule has 1 aliphatic heterocycles. The van der Waals surface area contributed by atoms with Crippen molar-refractivity contribution in [1.82, 2.24) is 9.80 Å². The lowest BCUT2D eigenvalue weighted by molar-refractivity contribution is -0.385. The fraction of sp³-hybridized carbons (Fsp3) is 0.429. The first-order chi connectivity index (χ1) is 17.8. The van der Waals surface area contributed by atoms with Gasteiger partial charge < -0.3 is 24.7 Å². The molecule has 2 aromatic rings. The zero-order chi connectivity index (χ0) is 28.4. The monoisotopic (exact) mass is 525 g/mol. The molecular weight excluding hydrogens is 490 g/mol. The number of Topliss-reactive ketones (excluding diaryl/α,β-unsaturated/α-hetero) is 1. The highest BCUT2D eigenvalue weighted by Crippen LogP contribution is 2.43. The third kappa shape index (κ3) is 5.50. The van der Waals surface area contributed by atoms with Crippen molar-refractivity contribution in [2.45, 2.75) is 46.1 Å². The Kier molecular flexibility index (Phi) is 8.46. The SMILES string of the molecule is CCN(CC)CCN1C(=O)C(=O)/C(=C(/O)c2cc(C(C)(C)C)ccc2OC)C1c1ccc(O)c([N+](=O)[O-])c1. The Labute approximate surface area is 222 Å². The van der Waals surface area contributed by atoms with Gasteiger partial charge in [-0.05, 0) is 47.8 Å². The number of benzene rings is 2. The van der Waals surface area contributed by atoms with E-state index in [-0.39, 0.29) is 28.7 Å². The predicted octanol–water partition coefficient (Wildman–Crippen LogP) is 4.37. The van der Waals surface area contributed by atoms with Gasteiger partial charge in [-0.25, -0.2) is 0 Å². The number of ketones is 1. The molecule has 1 aliphatic rings. The molecule has 204 valence electrons. The molecular formula is C28H35N3O7. The number of amides is 1. The first kappa shape index (κ1) is 28.6. The van der Waals surface area contributed by atoms with Gasteiger partial charge in [0, 0.05) is 19.2 Å². The molecule has 10 heteroatoms. The van der Waals surface area contributed by atoms with Gasteiger partial charge in [0.05, 0.1) is 29.2 Å². The molecule has 0 aromatic heterocycles. The number of rotatable bonds is 9. The van der Waals surface area contributed by atoms with Crippen LogP contribution in [0.3, 0.4) is 0 Å². The van der Waals surface area contributed by atoms with Crippen LogP contribution >= 0.6 is 0 Å². The molecule has 0 saturated carbocycles. The number of hydrogen-bond donors (Lipinski definition) is 2. The second-order valence-electron chi connectivity index (χ2n) is 10.2. The topological polar surface area (TPSA) is 133 Å². The summed E-state index contributed by atoms with van der Waals surface area (Å²) in [6.45, 7) is 12.0. The summed E-state index contributed by atoms with van der Waals surface area (Å²) in [6.07, 6.45) is 0. The van der Waals surface area contributed by atoms with Crippen molar-refractivity contribution in [2.24, 2.45) is 0 Å². The molecule has 0 bridgehead atoms. The van der Waals surface area contributed by atoms with Crippen LogP contribution in [0.5, 0.6) is 11.5 Å². The van der Waals surface area contributed by atoms with E-state index in [1.807, 2.05) is 40.7 Å². The quantitative estimate of drug-likeness (QED) is 0.162. The Balaban J connectivity index is 2.28. The van der Waals surface area contributed by atoms with Gasteiger partial charge in [0.2, 0.25) is 0 Å². The first-order valence-electron chi connectivity index (χ1n) is 12.5. The van der Waals surface area contributed by atoms with Crippen LogP contribution in [-0.4, -0.2) is 69.9 Å². The maximum atomic E-state index is 13.4. The summed E-state index contributed by atoms with van der Waals surface area (Å²) in [5.74, 6) is -2.38. The molecule has 1 saturated heterocycles. The lowest BCUT2D eigenvalue weighted by atomic mass is 9.85. The van der Waals surface area contributed by atoms with Crippen LogP contribution in [0.4, 0.5) is 5.69 Å². The van der Waals surface area contributed by atoms with E-state index in [1.165, 1.54) is 18.1 Å². The fourth-order valence-corrected chi connectivity index (χ4v) is 4.61. The highest BCUT2D eigenvalue weighted by molar-refractivity contribution is 6.46. The van der Waals surface area contributed by atoms with Gasteiger partial charge in [-0.15, -0.1) is 0 Å². The van der Waals surface area contributed by atoms with Crippen molar-refractivity contribution in [1.29, 1.82) is 0 Å². The number of carbonyl (C=O) groups is 2. The zero-order valence-electron chi connectivity index (χ0n) is 22.6. The number of hydrogen-bond acceptors (Lipinski definition) is 8. The predicted molar refractivity (Wildman–Crippen MR) is 143 cm³/mol. The number of aromatic hydroxyl groups is 1. The first-order valence-corrected chi connectivity index (χ1v) is 12.5. The van der Waals surface area contributed by atoms with Crippen LogP contribution in [-0.2, 0) is 15.0 Å². The average molecular weight is 526 g/mol. The van der Waals surface area contributed by atoms with Crippen molar-refractivity contribution >= 4 is 23.1 Å². The van der Waals surface area contributed by atoms with Crippen LogP contribution in [0.1, 0.15) is 57.4 Å². The fourth-order valence-electron chi connectivity index (χ4n) is 4.61. The number of aliphatic hydroxyl groups is 1. The molecule has 1 atom stereocenters. The van der Waals surface area contributed by atoms with E-state index in [0.717, 1.165) is 30.8 Å². The van der Waals surface area contributed by atoms with E-state index in [2.05, 4.69) is 4.90 Å². The van der Waals surface area contributed by atoms with Gasteiger partial charge in [-0.1, -0.05) is 46.8 Å². The van der Waals surface area contributed by atoms with Gasteiger partial charge in [-0.2, -0.15) is 0 Å². The maximum Gasteiger partial charge on any atom is 0.311 e. The molecule has 2 N–H and O–H groups in total. The molecule has 0 aliphatic carbocycles. The van der Waals surface area contributed by atoms with Gasteiger partial charge in [-0.3, -0.25) is 19.7 Å². The van der Waals surface area contributed by atoms with Gasteiger partial charge in [0.25, 0.3) is 11.7 Å². The summed E-state index contributed by atoms with van der Waals surface area (Å²) in [7, 11) is 1.44. The molecule has 2 aromatic carbocycles. The second-order valence-corrected chi connectivity index (χ2v) is 10.2.